The van der Waals surface area contributed by atoms with Gasteiger partial charge in [-0.15, -0.1) is 6.58 Å². The quantitative estimate of drug-likeness (QED) is 0.611. The van der Waals surface area contributed by atoms with E-state index in [0.717, 1.165) is 11.8 Å². The van der Waals surface area contributed by atoms with Gasteiger partial charge in [-0.05, 0) is 23.3 Å². The van der Waals surface area contributed by atoms with E-state index in [-0.39, 0.29) is 0 Å². The van der Waals surface area contributed by atoms with E-state index < -0.39 is 17.2 Å². The van der Waals surface area contributed by atoms with Crippen LogP contribution in [0.1, 0.15) is 29.8 Å². The molecule has 0 saturated heterocycles. The van der Waals surface area contributed by atoms with Crippen molar-refractivity contribution < 1.29 is 18.7 Å². The van der Waals surface area contributed by atoms with Gasteiger partial charge < -0.3 is 9.47 Å². The van der Waals surface area contributed by atoms with Gasteiger partial charge in [-0.3, -0.25) is 0 Å². The lowest BCUT2D eigenvalue weighted by atomic mass is 9.79. The summed E-state index contributed by atoms with van der Waals surface area (Å²) < 4.78 is 24.2. The van der Waals surface area contributed by atoms with E-state index in [1.807, 2.05) is 13.8 Å². The Balaban J connectivity index is 2.74. The second kappa shape index (κ2) is 6.83. The number of halogens is 1. The number of carbonyl (C=O) groups is 1. The maximum Gasteiger partial charge on any atom is 0.337 e. The number of aromatic nitrogens is 1. The van der Waals surface area contributed by atoms with E-state index in [0.29, 0.717) is 22.6 Å². The first kappa shape index (κ1) is 17.7. The molecule has 126 valence electrons. The molecule has 0 fully saturated rings. The van der Waals surface area contributed by atoms with Gasteiger partial charge in [-0.1, -0.05) is 26.0 Å². The van der Waals surface area contributed by atoms with Gasteiger partial charge in [0.05, 0.1) is 26.0 Å². The Morgan fingerprint density at radius 2 is 1.96 bits per heavy atom. The molecule has 0 radical (unpaired) electrons. The molecule has 0 aliphatic carbocycles. The Bertz CT molecular complexity index is 784. The zero-order valence-corrected chi connectivity index (χ0v) is 14.2. The smallest absolute Gasteiger partial charge is 0.337 e. The first-order valence-electron chi connectivity index (χ1n) is 7.40. The number of pyridine rings is 1. The van der Waals surface area contributed by atoms with Crippen LogP contribution in [-0.2, 0) is 10.2 Å². The van der Waals surface area contributed by atoms with E-state index in [1.165, 1.54) is 20.3 Å². The lowest BCUT2D eigenvalue weighted by Crippen LogP contribution is -2.16. The highest BCUT2D eigenvalue weighted by Crippen LogP contribution is 2.36. The summed E-state index contributed by atoms with van der Waals surface area (Å²) in [5.74, 6) is -0.607. The Labute approximate surface area is 140 Å². The van der Waals surface area contributed by atoms with Crippen molar-refractivity contribution in [2.24, 2.45) is 0 Å². The molecule has 24 heavy (non-hydrogen) atoms. The van der Waals surface area contributed by atoms with Gasteiger partial charge in [0.2, 0.25) is 5.88 Å². The summed E-state index contributed by atoms with van der Waals surface area (Å²) in [6.45, 7) is 7.73. The number of benzene rings is 1. The number of methoxy groups -OCH3 is 2. The number of allylic oxidation sites excluding steroid dienone is 1. The first-order valence-corrected chi connectivity index (χ1v) is 7.40. The molecule has 0 aliphatic heterocycles. The number of hydrogen-bond donors (Lipinski definition) is 0. The van der Waals surface area contributed by atoms with Crippen LogP contribution in [0.25, 0.3) is 11.1 Å². The Hall–Kier alpha value is -2.69. The van der Waals surface area contributed by atoms with Crippen molar-refractivity contribution in [3.63, 3.8) is 0 Å². The summed E-state index contributed by atoms with van der Waals surface area (Å²) >= 11 is 0. The molecule has 0 amide bonds. The average Bonchev–Trinajstić information content (AvgIpc) is 2.61. The number of carbonyl (C=O) groups excluding carboxylic acids is 1. The highest BCUT2D eigenvalue weighted by Gasteiger charge is 2.24. The molecule has 1 aromatic carbocycles. The molecular weight excluding hydrogens is 309 g/mol. The van der Waals surface area contributed by atoms with Gasteiger partial charge in [0, 0.05) is 17.0 Å². The SMILES string of the molecule is C=CC(C)(C)c1cc(C(=O)OC)ccc1-c1cc(OC)ncc1F. The number of rotatable bonds is 5. The minimum atomic E-state index is -0.484. The molecule has 2 aromatic rings. The topological polar surface area (TPSA) is 48.4 Å². The number of nitrogens with zero attached hydrogens (tertiary/aromatic N) is 1. The van der Waals surface area contributed by atoms with Gasteiger partial charge in [0.25, 0.3) is 0 Å². The summed E-state index contributed by atoms with van der Waals surface area (Å²) in [6, 6.07) is 6.54. The van der Waals surface area contributed by atoms with Crippen LogP contribution in [0.3, 0.4) is 0 Å². The van der Waals surface area contributed by atoms with E-state index in [1.54, 1.807) is 24.3 Å². The molecule has 0 N–H and O–H groups in total. The molecule has 4 nitrogen and oxygen atoms in total. The standard InChI is InChI=1S/C19H20FNO3/c1-6-19(2,3)15-9-12(18(22)24-5)7-8-13(15)14-10-17(23-4)21-11-16(14)20/h6-11H,1H2,2-5H3. The van der Waals surface area contributed by atoms with Crippen molar-refractivity contribution in [3.8, 4) is 17.0 Å². The summed E-state index contributed by atoms with van der Waals surface area (Å²) in [5, 5.41) is 0. The molecule has 0 aliphatic rings. The molecule has 0 bridgehead atoms. The maximum absolute atomic E-state index is 14.4. The van der Waals surface area contributed by atoms with E-state index in [4.69, 9.17) is 9.47 Å². The Kier molecular flexibility index (Phi) is 5.02. The minimum absolute atomic E-state index is 0.311. The monoisotopic (exact) mass is 329 g/mol. The third-order valence-corrected chi connectivity index (χ3v) is 3.97. The lowest BCUT2D eigenvalue weighted by Gasteiger charge is -2.25. The maximum atomic E-state index is 14.4. The molecular formula is C19H20FNO3. The summed E-state index contributed by atoms with van der Waals surface area (Å²) in [7, 11) is 2.79. The predicted octanol–water partition coefficient (Wildman–Crippen LogP) is 4.15. The second-order valence-corrected chi connectivity index (χ2v) is 5.88. The van der Waals surface area contributed by atoms with Crippen molar-refractivity contribution in [2.45, 2.75) is 19.3 Å². The summed E-state index contributed by atoms with van der Waals surface area (Å²) in [4.78, 5) is 15.7. The zero-order valence-electron chi connectivity index (χ0n) is 14.2. The van der Waals surface area contributed by atoms with E-state index in [9.17, 15) is 9.18 Å². The molecule has 2 rings (SSSR count). The summed E-state index contributed by atoms with van der Waals surface area (Å²) in [6.07, 6.45) is 2.87. The fraction of sp³-hybridized carbons (Fsp3) is 0.263. The van der Waals surface area contributed by atoms with Gasteiger partial charge in [0.1, 0.15) is 5.82 Å². The first-order chi connectivity index (χ1) is 11.3. The molecule has 0 atom stereocenters. The largest absolute Gasteiger partial charge is 0.481 e. The third-order valence-electron chi connectivity index (χ3n) is 3.97. The van der Waals surface area contributed by atoms with Crippen LogP contribution in [0.15, 0.2) is 43.1 Å². The highest BCUT2D eigenvalue weighted by molar-refractivity contribution is 5.91. The second-order valence-electron chi connectivity index (χ2n) is 5.88. The number of hydrogen-bond acceptors (Lipinski definition) is 4. The Morgan fingerprint density at radius 1 is 1.25 bits per heavy atom. The lowest BCUT2D eigenvalue weighted by molar-refractivity contribution is 0.0600. The van der Waals surface area contributed by atoms with Crippen LogP contribution in [0.4, 0.5) is 4.39 Å². The van der Waals surface area contributed by atoms with Crippen LogP contribution < -0.4 is 4.74 Å². The molecule has 1 heterocycles. The number of esters is 1. The van der Waals surface area contributed by atoms with Crippen molar-refractivity contribution >= 4 is 5.97 Å². The molecule has 0 saturated carbocycles. The molecule has 5 heteroatoms. The van der Waals surface area contributed by atoms with Gasteiger partial charge >= 0.3 is 5.97 Å². The van der Waals surface area contributed by atoms with E-state index >= 15 is 0 Å². The highest BCUT2D eigenvalue weighted by atomic mass is 19.1. The Morgan fingerprint density at radius 3 is 2.54 bits per heavy atom. The van der Waals surface area contributed by atoms with Gasteiger partial charge in [-0.25, -0.2) is 14.2 Å². The van der Waals surface area contributed by atoms with E-state index in [2.05, 4.69) is 11.6 Å². The van der Waals surface area contributed by atoms with Crippen LogP contribution in [-0.4, -0.2) is 25.2 Å². The van der Waals surface area contributed by atoms with Gasteiger partial charge in [0.15, 0.2) is 0 Å². The van der Waals surface area contributed by atoms with Crippen molar-refractivity contribution in [2.75, 3.05) is 14.2 Å². The normalized spacial score (nSPS) is 11.0. The minimum Gasteiger partial charge on any atom is -0.481 e. The third kappa shape index (κ3) is 3.30. The number of ether oxygens (including phenoxy) is 2. The van der Waals surface area contributed by atoms with Crippen molar-refractivity contribution in [3.05, 3.63) is 60.1 Å². The summed E-state index contributed by atoms with van der Waals surface area (Å²) in [5.41, 5.74) is 1.66. The van der Waals surface area contributed by atoms with Crippen LogP contribution in [0.5, 0.6) is 5.88 Å². The fourth-order valence-electron chi connectivity index (χ4n) is 2.40. The van der Waals surface area contributed by atoms with Crippen LogP contribution in [0, 0.1) is 5.82 Å². The fourth-order valence-corrected chi connectivity index (χ4v) is 2.40. The van der Waals surface area contributed by atoms with Crippen molar-refractivity contribution in [1.82, 2.24) is 4.98 Å². The van der Waals surface area contributed by atoms with Crippen LogP contribution >= 0.6 is 0 Å². The zero-order chi connectivity index (χ0) is 17.9. The van der Waals surface area contributed by atoms with Gasteiger partial charge in [-0.2, -0.15) is 0 Å². The van der Waals surface area contributed by atoms with Crippen LogP contribution in [0.2, 0.25) is 0 Å². The molecule has 0 unspecified atom stereocenters. The average molecular weight is 329 g/mol. The molecule has 1 aromatic heterocycles. The molecule has 0 spiro atoms. The van der Waals surface area contributed by atoms with Crippen molar-refractivity contribution in [1.29, 1.82) is 0 Å². The predicted molar refractivity (Wildman–Crippen MR) is 90.7 cm³/mol.